The number of hydrogen-bond donors (Lipinski definition) is 0. The standard InChI is InChI=1S/C15H20O/c1-2-12-7-9-13(10-8-12)11-14-5-3-4-6-15(14)16/h7-10,14H,2-6,11H2,1H3. The first-order valence-electron chi connectivity index (χ1n) is 6.40. The Morgan fingerprint density at radius 3 is 2.44 bits per heavy atom. The van der Waals surface area contributed by atoms with Gasteiger partial charge in [0, 0.05) is 12.3 Å². The van der Waals surface area contributed by atoms with E-state index >= 15 is 0 Å². The highest BCUT2D eigenvalue weighted by Crippen LogP contribution is 2.24. The van der Waals surface area contributed by atoms with Crippen molar-refractivity contribution in [2.45, 2.75) is 45.4 Å². The summed E-state index contributed by atoms with van der Waals surface area (Å²) in [6, 6.07) is 8.73. The molecule has 0 heterocycles. The molecule has 1 unspecified atom stereocenters. The van der Waals surface area contributed by atoms with Crippen LogP contribution < -0.4 is 0 Å². The lowest BCUT2D eigenvalue weighted by molar-refractivity contribution is -0.124. The molecule has 0 N–H and O–H groups in total. The minimum Gasteiger partial charge on any atom is -0.299 e. The van der Waals surface area contributed by atoms with Crippen molar-refractivity contribution in [2.24, 2.45) is 5.92 Å². The van der Waals surface area contributed by atoms with Gasteiger partial charge >= 0.3 is 0 Å². The highest BCUT2D eigenvalue weighted by molar-refractivity contribution is 5.81. The van der Waals surface area contributed by atoms with E-state index in [1.165, 1.54) is 17.5 Å². The van der Waals surface area contributed by atoms with Crippen molar-refractivity contribution >= 4 is 5.78 Å². The zero-order chi connectivity index (χ0) is 11.4. The van der Waals surface area contributed by atoms with Crippen LogP contribution in [0.25, 0.3) is 0 Å². The second-order valence-electron chi connectivity index (χ2n) is 4.78. The van der Waals surface area contributed by atoms with Crippen LogP contribution in [0.2, 0.25) is 0 Å². The Morgan fingerprint density at radius 2 is 1.81 bits per heavy atom. The summed E-state index contributed by atoms with van der Waals surface area (Å²) in [7, 11) is 0. The van der Waals surface area contributed by atoms with Crippen LogP contribution >= 0.6 is 0 Å². The zero-order valence-corrected chi connectivity index (χ0v) is 10.0. The molecule has 1 atom stereocenters. The maximum atomic E-state index is 11.7. The Balaban J connectivity index is 1.99. The summed E-state index contributed by atoms with van der Waals surface area (Å²) in [6.07, 6.45) is 6.26. The summed E-state index contributed by atoms with van der Waals surface area (Å²) in [6.45, 7) is 2.17. The van der Waals surface area contributed by atoms with Crippen molar-refractivity contribution in [3.05, 3.63) is 35.4 Å². The molecular formula is C15H20O. The first-order chi connectivity index (χ1) is 7.79. The van der Waals surface area contributed by atoms with Crippen molar-refractivity contribution in [3.8, 4) is 0 Å². The molecule has 16 heavy (non-hydrogen) atoms. The molecule has 0 aliphatic heterocycles. The minimum absolute atomic E-state index is 0.293. The molecule has 1 fully saturated rings. The molecule has 1 aromatic carbocycles. The molecule has 0 radical (unpaired) electrons. The summed E-state index contributed by atoms with van der Waals surface area (Å²) in [5, 5.41) is 0. The zero-order valence-electron chi connectivity index (χ0n) is 10.0. The van der Waals surface area contributed by atoms with Gasteiger partial charge in [-0.25, -0.2) is 0 Å². The van der Waals surface area contributed by atoms with Crippen LogP contribution in [-0.4, -0.2) is 5.78 Å². The first kappa shape index (κ1) is 11.4. The Hall–Kier alpha value is -1.11. The van der Waals surface area contributed by atoms with Crippen molar-refractivity contribution in [2.75, 3.05) is 0 Å². The number of aryl methyl sites for hydroxylation is 1. The van der Waals surface area contributed by atoms with Gasteiger partial charge in [-0.05, 0) is 36.8 Å². The van der Waals surface area contributed by atoms with Gasteiger partial charge in [-0.15, -0.1) is 0 Å². The van der Waals surface area contributed by atoms with Gasteiger partial charge in [0.1, 0.15) is 5.78 Å². The molecule has 1 aliphatic rings. The number of benzene rings is 1. The smallest absolute Gasteiger partial charge is 0.136 e. The molecule has 1 aliphatic carbocycles. The number of rotatable bonds is 3. The van der Waals surface area contributed by atoms with Crippen LogP contribution in [0.5, 0.6) is 0 Å². The molecule has 1 saturated carbocycles. The number of carbonyl (C=O) groups is 1. The molecule has 0 aromatic heterocycles. The summed E-state index contributed by atoms with van der Waals surface area (Å²) < 4.78 is 0. The quantitative estimate of drug-likeness (QED) is 0.755. The third-order valence-electron chi connectivity index (χ3n) is 3.59. The molecule has 0 spiro atoms. The minimum atomic E-state index is 0.293. The van der Waals surface area contributed by atoms with E-state index in [4.69, 9.17) is 0 Å². The van der Waals surface area contributed by atoms with Crippen LogP contribution in [0.15, 0.2) is 24.3 Å². The summed E-state index contributed by atoms with van der Waals surface area (Å²) in [5.74, 6) is 0.770. The van der Waals surface area contributed by atoms with Crippen molar-refractivity contribution in [3.63, 3.8) is 0 Å². The van der Waals surface area contributed by atoms with Gasteiger partial charge in [0.2, 0.25) is 0 Å². The Morgan fingerprint density at radius 1 is 1.12 bits per heavy atom. The predicted molar refractivity (Wildman–Crippen MR) is 66.5 cm³/mol. The van der Waals surface area contributed by atoms with Crippen LogP contribution in [0.3, 0.4) is 0 Å². The van der Waals surface area contributed by atoms with Gasteiger partial charge in [-0.2, -0.15) is 0 Å². The summed E-state index contributed by atoms with van der Waals surface area (Å²) >= 11 is 0. The fraction of sp³-hybridized carbons (Fsp3) is 0.533. The molecule has 1 heteroatoms. The van der Waals surface area contributed by atoms with E-state index in [9.17, 15) is 4.79 Å². The van der Waals surface area contributed by atoms with E-state index in [-0.39, 0.29) is 0 Å². The highest BCUT2D eigenvalue weighted by Gasteiger charge is 2.21. The average Bonchev–Trinajstić information content (AvgIpc) is 2.33. The summed E-state index contributed by atoms with van der Waals surface area (Å²) in [5.41, 5.74) is 2.69. The molecule has 1 aromatic rings. The lowest BCUT2D eigenvalue weighted by Gasteiger charge is -2.20. The van der Waals surface area contributed by atoms with E-state index in [2.05, 4.69) is 31.2 Å². The molecule has 0 bridgehead atoms. The number of ketones is 1. The van der Waals surface area contributed by atoms with E-state index < -0.39 is 0 Å². The topological polar surface area (TPSA) is 17.1 Å². The fourth-order valence-electron chi connectivity index (χ4n) is 2.47. The maximum Gasteiger partial charge on any atom is 0.136 e. The Bertz CT molecular complexity index is 350. The third-order valence-corrected chi connectivity index (χ3v) is 3.59. The molecule has 2 rings (SSSR count). The normalized spacial score (nSPS) is 21.1. The van der Waals surface area contributed by atoms with Crippen molar-refractivity contribution in [1.29, 1.82) is 0 Å². The average molecular weight is 216 g/mol. The van der Waals surface area contributed by atoms with Gasteiger partial charge < -0.3 is 0 Å². The van der Waals surface area contributed by atoms with Crippen LogP contribution in [-0.2, 0) is 17.6 Å². The lowest BCUT2D eigenvalue weighted by atomic mass is 9.83. The number of hydrogen-bond acceptors (Lipinski definition) is 1. The van der Waals surface area contributed by atoms with Crippen LogP contribution in [0.4, 0.5) is 0 Å². The van der Waals surface area contributed by atoms with Crippen LogP contribution in [0, 0.1) is 5.92 Å². The maximum absolute atomic E-state index is 11.7. The molecule has 86 valence electrons. The van der Waals surface area contributed by atoms with Gasteiger partial charge in [-0.3, -0.25) is 4.79 Å². The Labute approximate surface area is 97.9 Å². The SMILES string of the molecule is CCc1ccc(CC2CCCCC2=O)cc1. The van der Waals surface area contributed by atoms with E-state index in [0.29, 0.717) is 11.7 Å². The molecule has 0 amide bonds. The van der Waals surface area contributed by atoms with Crippen LogP contribution in [0.1, 0.15) is 43.7 Å². The van der Waals surface area contributed by atoms with E-state index in [1.807, 2.05) is 0 Å². The van der Waals surface area contributed by atoms with E-state index in [1.54, 1.807) is 0 Å². The van der Waals surface area contributed by atoms with Crippen molar-refractivity contribution in [1.82, 2.24) is 0 Å². The predicted octanol–water partition coefficient (Wildman–Crippen LogP) is 3.55. The second kappa shape index (κ2) is 5.29. The fourth-order valence-corrected chi connectivity index (χ4v) is 2.47. The highest BCUT2D eigenvalue weighted by atomic mass is 16.1. The van der Waals surface area contributed by atoms with Gasteiger partial charge in [0.15, 0.2) is 0 Å². The van der Waals surface area contributed by atoms with Crippen molar-refractivity contribution < 1.29 is 4.79 Å². The lowest BCUT2D eigenvalue weighted by Crippen LogP contribution is -2.20. The largest absolute Gasteiger partial charge is 0.299 e. The summed E-state index contributed by atoms with van der Waals surface area (Å²) in [4.78, 5) is 11.7. The third kappa shape index (κ3) is 2.72. The first-order valence-corrected chi connectivity index (χ1v) is 6.40. The molecule has 0 saturated heterocycles. The Kier molecular flexibility index (Phi) is 3.76. The van der Waals surface area contributed by atoms with Gasteiger partial charge in [0.25, 0.3) is 0 Å². The second-order valence-corrected chi connectivity index (χ2v) is 4.78. The number of Topliss-reactive ketones (excluding diaryl/α,β-unsaturated/α-hetero) is 1. The molecule has 1 nitrogen and oxygen atoms in total. The molecular weight excluding hydrogens is 196 g/mol. The monoisotopic (exact) mass is 216 g/mol. The van der Waals surface area contributed by atoms with E-state index in [0.717, 1.165) is 32.1 Å². The van der Waals surface area contributed by atoms with Gasteiger partial charge in [-0.1, -0.05) is 37.6 Å². The number of carbonyl (C=O) groups excluding carboxylic acids is 1. The van der Waals surface area contributed by atoms with Gasteiger partial charge in [0.05, 0.1) is 0 Å².